The third-order valence-corrected chi connectivity index (χ3v) is 2.71. The van der Waals surface area contributed by atoms with E-state index in [1.807, 2.05) is 18.2 Å². The standard InChI is InChI=1S/C8H5N5S/c1-2-4-9-6(3-1)7-12-13-5-10-11-8(13)14-7/h1-5H. The van der Waals surface area contributed by atoms with Crippen molar-refractivity contribution in [2.75, 3.05) is 0 Å². The van der Waals surface area contributed by atoms with E-state index < -0.39 is 0 Å². The smallest absolute Gasteiger partial charge is 0.234 e. The van der Waals surface area contributed by atoms with Crippen molar-refractivity contribution in [3.8, 4) is 10.7 Å². The Labute approximate surface area is 83.1 Å². The lowest BCUT2D eigenvalue weighted by Gasteiger charge is -1.90. The van der Waals surface area contributed by atoms with E-state index in [4.69, 9.17) is 0 Å². The van der Waals surface area contributed by atoms with Crippen LogP contribution < -0.4 is 0 Å². The molecule has 0 amide bonds. The van der Waals surface area contributed by atoms with Gasteiger partial charge >= 0.3 is 0 Å². The zero-order chi connectivity index (χ0) is 9.38. The molecule has 0 bridgehead atoms. The molecule has 0 N–H and O–H groups in total. The predicted molar refractivity (Wildman–Crippen MR) is 51.9 cm³/mol. The van der Waals surface area contributed by atoms with Crippen molar-refractivity contribution in [1.29, 1.82) is 0 Å². The van der Waals surface area contributed by atoms with Gasteiger partial charge in [-0.1, -0.05) is 17.4 Å². The number of nitrogens with zero attached hydrogens (tertiary/aromatic N) is 5. The van der Waals surface area contributed by atoms with Crippen LogP contribution >= 0.6 is 11.3 Å². The maximum Gasteiger partial charge on any atom is 0.234 e. The molecule has 0 fully saturated rings. The molecule has 0 radical (unpaired) electrons. The third kappa shape index (κ3) is 1.08. The Bertz CT molecular complexity index is 527. The quantitative estimate of drug-likeness (QED) is 0.597. The van der Waals surface area contributed by atoms with Gasteiger partial charge in [-0.25, -0.2) is 0 Å². The topological polar surface area (TPSA) is 56.0 Å². The van der Waals surface area contributed by atoms with E-state index in [-0.39, 0.29) is 0 Å². The molecule has 0 aliphatic heterocycles. The van der Waals surface area contributed by atoms with Gasteiger partial charge in [-0.2, -0.15) is 9.61 Å². The lowest BCUT2D eigenvalue weighted by molar-refractivity contribution is 0.956. The average Bonchev–Trinajstić information content (AvgIpc) is 2.78. The summed E-state index contributed by atoms with van der Waals surface area (Å²) in [6.45, 7) is 0. The van der Waals surface area contributed by atoms with Gasteiger partial charge in [0.2, 0.25) is 4.96 Å². The van der Waals surface area contributed by atoms with E-state index in [2.05, 4.69) is 20.3 Å². The molecule has 68 valence electrons. The van der Waals surface area contributed by atoms with E-state index in [0.717, 1.165) is 15.7 Å². The fourth-order valence-electron chi connectivity index (χ4n) is 1.15. The summed E-state index contributed by atoms with van der Waals surface area (Å²) in [5.74, 6) is 0. The molecule has 0 atom stereocenters. The van der Waals surface area contributed by atoms with Gasteiger partial charge in [-0.3, -0.25) is 4.98 Å². The Kier molecular flexibility index (Phi) is 1.54. The second-order valence-electron chi connectivity index (χ2n) is 2.68. The molecule has 3 aromatic heterocycles. The summed E-state index contributed by atoms with van der Waals surface area (Å²) in [6, 6.07) is 5.74. The SMILES string of the molecule is c1ccc(-c2nn3cnnc3s2)nc1. The Hall–Kier alpha value is -1.82. The van der Waals surface area contributed by atoms with Crippen LogP contribution in [0.1, 0.15) is 0 Å². The first-order valence-corrected chi connectivity index (χ1v) is 4.83. The Morgan fingerprint density at radius 3 is 3.07 bits per heavy atom. The van der Waals surface area contributed by atoms with Gasteiger partial charge in [0.1, 0.15) is 12.0 Å². The minimum Gasteiger partial charge on any atom is -0.254 e. The molecule has 3 rings (SSSR count). The molecule has 0 unspecified atom stereocenters. The van der Waals surface area contributed by atoms with Gasteiger partial charge in [-0.15, -0.1) is 10.2 Å². The van der Waals surface area contributed by atoms with Crippen molar-refractivity contribution in [3.05, 3.63) is 30.7 Å². The van der Waals surface area contributed by atoms with E-state index >= 15 is 0 Å². The van der Waals surface area contributed by atoms with Crippen LogP contribution in [0.2, 0.25) is 0 Å². The zero-order valence-electron chi connectivity index (χ0n) is 7.03. The largest absolute Gasteiger partial charge is 0.254 e. The normalized spacial score (nSPS) is 10.9. The Balaban J connectivity index is 2.19. The van der Waals surface area contributed by atoms with E-state index in [9.17, 15) is 0 Å². The number of rotatable bonds is 1. The van der Waals surface area contributed by atoms with Crippen LogP contribution in [0.4, 0.5) is 0 Å². The summed E-state index contributed by atoms with van der Waals surface area (Å²) >= 11 is 1.47. The lowest BCUT2D eigenvalue weighted by atomic mass is 10.4. The number of hydrogen-bond acceptors (Lipinski definition) is 5. The third-order valence-electron chi connectivity index (χ3n) is 1.77. The predicted octanol–water partition coefficient (Wildman–Crippen LogP) is 1.25. The van der Waals surface area contributed by atoms with E-state index in [0.29, 0.717) is 0 Å². The molecule has 0 spiro atoms. The van der Waals surface area contributed by atoms with Crippen LogP contribution in [0, 0.1) is 0 Å². The molecule has 14 heavy (non-hydrogen) atoms. The lowest BCUT2D eigenvalue weighted by Crippen LogP contribution is -1.84. The fourth-order valence-corrected chi connectivity index (χ4v) is 1.95. The molecule has 3 aromatic rings. The molecule has 0 saturated heterocycles. The molecular weight excluding hydrogens is 198 g/mol. The van der Waals surface area contributed by atoms with Crippen molar-refractivity contribution in [3.63, 3.8) is 0 Å². The fraction of sp³-hybridized carbons (Fsp3) is 0. The van der Waals surface area contributed by atoms with Gasteiger partial charge in [-0.05, 0) is 12.1 Å². The summed E-state index contributed by atoms with van der Waals surface area (Å²) in [5.41, 5.74) is 0.864. The summed E-state index contributed by atoms with van der Waals surface area (Å²) in [4.78, 5) is 4.99. The van der Waals surface area contributed by atoms with Gasteiger partial charge in [0.05, 0.1) is 0 Å². The number of aromatic nitrogens is 5. The van der Waals surface area contributed by atoms with Crippen molar-refractivity contribution < 1.29 is 0 Å². The summed E-state index contributed by atoms with van der Waals surface area (Å²) in [7, 11) is 0. The van der Waals surface area contributed by atoms with Crippen molar-refractivity contribution in [1.82, 2.24) is 24.8 Å². The van der Waals surface area contributed by atoms with Crippen molar-refractivity contribution in [2.45, 2.75) is 0 Å². The Morgan fingerprint density at radius 2 is 2.29 bits per heavy atom. The monoisotopic (exact) mass is 203 g/mol. The van der Waals surface area contributed by atoms with Crippen LogP contribution in [-0.2, 0) is 0 Å². The van der Waals surface area contributed by atoms with Crippen LogP contribution in [0.3, 0.4) is 0 Å². The minimum atomic E-state index is 0.783. The molecule has 0 aromatic carbocycles. The highest BCUT2D eigenvalue weighted by molar-refractivity contribution is 7.19. The summed E-state index contributed by atoms with van der Waals surface area (Å²) < 4.78 is 1.65. The van der Waals surface area contributed by atoms with Crippen LogP contribution in [0.5, 0.6) is 0 Å². The molecular formula is C8H5N5S. The first kappa shape index (κ1) is 7.57. The first-order chi connectivity index (χ1) is 6.93. The van der Waals surface area contributed by atoms with Gasteiger partial charge < -0.3 is 0 Å². The second kappa shape index (κ2) is 2.85. The maximum absolute atomic E-state index is 4.29. The van der Waals surface area contributed by atoms with Crippen molar-refractivity contribution in [2.24, 2.45) is 0 Å². The van der Waals surface area contributed by atoms with Crippen molar-refractivity contribution >= 4 is 16.3 Å². The van der Waals surface area contributed by atoms with E-state index in [1.165, 1.54) is 11.3 Å². The number of hydrogen-bond donors (Lipinski definition) is 0. The van der Waals surface area contributed by atoms with Gasteiger partial charge in [0, 0.05) is 6.20 Å². The molecule has 0 aliphatic carbocycles. The minimum absolute atomic E-state index is 0.783. The van der Waals surface area contributed by atoms with Gasteiger partial charge in [0.15, 0.2) is 5.01 Å². The summed E-state index contributed by atoms with van der Waals surface area (Å²) in [5, 5.41) is 12.8. The Morgan fingerprint density at radius 1 is 1.29 bits per heavy atom. The van der Waals surface area contributed by atoms with Gasteiger partial charge in [0.25, 0.3) is 0 Å². The molecule has 0 saturated carbocycles. The first-order valence-electron chi connectivity index (χ1n) is 4.02. The molecule has 0 aliphatic rings. The zero-order valence-corrected chi connectivity index (χ0v) is 7.85. The molecule has 3 heterocycles. The summed E-state index contributed by atoms with van der Waals surface area (Å²) in [6.07, 6.45) is 3.33. The second-order valence-corrected chi connectivity index (χ2v) is 3.64. The highest BCUT2D eigenvalue weighted by Crippen LogP contribution is 2.21. The number of fused-ring (bicyclic) bond motifs is 1. The average molecular weight is 203 g/mol. The van der Waals surface area contributed by atoms with Crippen LogP contribution in [-0.4, -0.2) is 24.8 Å². The maximum atomic E-state index is 4.29. The highest BCUT2D eigenvalue weighted by Gasteiger charge is 2.07. The van der Waals surface area contributed by atoms with Crippen LogP contribution in [0.15, 0.2) is 30.7 Å². The van der Waals surface area contributed by atoms with Crippen LogP contribution in [0.25, 0.3) is 15.7 Å². The molecule has 6 heteroatoms. The number of pyridine rings is 1. The molecule has 5 nitrogen and oxygen atoms in total. The highest BCUT2D eigenvalue weighted by atomic mass is 32.1. The van der Waals surface area contributed by atoms with E-state index in [1.54, 1.807) is 17.0 Å².